The molecule has 1 aromatic rings. The Bertz CT molecular complexity index is 770. The monoisotopic (exact) mass is 416 g/mol. The first-order chi connectivity index (χ1) is 12.3. The number of nitrogens with two attached hydrogens (primary N) is 1. The minimum atomic E-state index is -2.97. The lowest BCUT2D eigenvalue weighted by Crippen LogP contribution is -2.59. The number of amides is 1. The molecule has 0 radical (unpaired) electrons. The summed E-state index contributed by atoms with van der Waals surface area (Å²) in [7, 11) is -1.23. The SMILES string of the molecule is COC1(c2cccc(C(N)=O)c2)C2CCCC1CN(CCS(C)(=O)=O)C2.Cl. The number of rotatable bonds is 6. The minimum absolute atomic E-state index is 0. The van der Waals surface area contributed by atoms with Gasteiger partial charge in [-0.3, -0.25) is 4.79 Å². The number of sulfone groups is 1. The third-order valence-electron chi connectivity index (χ3n) is 5.99. The third-order valence-corrected chi connectivity index (χ3v) is 6.91. The molecule has 6 nitrogen and oxygen atoms in total. The van der Waals surface area contributed by atoms with E-state index in [1.807, 2.05) is 18.2 Å². The number of halogens is 1. The second-order valence-electron chi connectivity index (χ2n) is 7.66. The zero-order valence-corrected chi connectivity index (χ0v) is 17.5. The number of hydrogen-bond donors (Lipinski definition) is 1. The van der Waals surface area contributed by atoms with Gasteiger partial charge in [0.2, 0.25) is 5.91 Å². The summed E-state index contributed by atoms with van der Waals surface area (Å²) < 4.78 is 29.2. The molecule has 1 aliphatic carbocycles. The number of ether oxygens (including phenoxy) is 1. The molecule has 8 heteroatoms. The molecule has 1 saturated heterocycles. The van der Waals surface area contributed by atoms with E-state index in [0.29, 0.717) is 12.1 Å². The normalized spacial score (nSPS) is 28.4. The first-order valence-electron chi connectivity index (χ1n) is 9.12. The van der Waals surface area contributed by atoms with Crippen LogP contribution in [0.25, 0.3) is 0 Å². The lowest BCUT2D eigenvalue weighted by Gasteiger charge is -2.55. The Morgan fingerprint density at radius 2 is 1.93 bits per heavy atom. The fraction of sp³-hybridized carbons (Fsp3) is 0.632. The molecule has 0 spiro atoms. The quantitative estimate of drug-likeness (QED) is 0.764. The number of carbonyl (C=O) groups excluding carboxylic acids is 1. The summed E-state index contributed by atoms with van der Waals surface area (Å²) in [6.07, 6.45) is 4.49. The van der Waals surface area contributed by atoms with Crippen molar-refractivity contribution in [3.63, 3.8) is 0 Å². The standard InChI is InChI=1S/C19H28N2O4S.ClH/c1-25-19(15-6-3-5-14(11-15)18(20)22)16-7-4-8-17(19)13-21(12-16)9-10-26(2,23)24;/h3,5-6,11,16-17H,4,7-10,12-13H2,1-2H3,(H2,20,22);1H. The molecule has 1 heterocycles. The van der Waals surface area contributed by atoms with Gasteiger partial charge < -0.3 is 15.4 Å². The summed E-state index contributed by atoms with van der Waals surface area (Å²) in [6.45, 7) is 2.17. The van der Waals surface area contributed by atoms with Crippen LogP contribution in [-0.2, 0) is 20.2 Å². The lowest BCUT2D eigenvalue weighted by molar-refractivity contribution is -0.168. The minimum Gasteiger partial charge on any atom is -0.373 e. The zero-order chi connectivity index (χ0) is 18.9. The van der Waals surface area contributed by atoms with E-state index in [9.17, 15) is 13.2 Å². The fourth-order valence-corrected chi connectivity index (χ4v) is 5.43. The molecular weight excluding hydrogens is 388 g/mol. The van der Waals surface area contributed by atoms with E-state index in [4.69, 9.17) is 10.5 Å². The number of fused-ring (bicyclic) bond motifs is 2. The van der Waals surface area contributed by atoms with Crippen LogP contribution >= 0.6 is 12.4 Å². The Morgan fingerprint density at radius 1 is 1.30 bits per heavy atom. The van der Waals surface area contributed by atoms with Gasteiger partial charge in [-0.15, -0.1) is 12.4 Å². The number of primary amides is 1. The number of likely N-dealkylation sites (tertiary alicyclic amines) is 1. The maximum absolute atomic E-state index is 11.6. The van der Waals surface area contributed by atoms with Gasteiger partial charge in [0.25, 0.3) is 0 Å². The van der Waals surface area contributed by atoms with Crippen LogP contribution in [0.15, 0.2) is 24.3 Å². The van der Waals surface area contributed by atoms with Crippen molar-refractivity contribution in [3.8, 4) is 0 Å². The molecule has 0 aromatic heterocycles. The average molecular weight is 417 g/mol. The van der Waals surface area contributed by atoms with Crippen molar-refractivity contribution < 1.29 is 17.9 Å². The van der Waals surface area contributed by atoms with E-state index in [0.717, 1.165) is 37.9 Å². The second kappa shape index (κ2) is 8.47. The highest BCUT2D eigenvalue weighted by Gasteiger charge is 2.53. The van der Waals surface area contributed by atoms with Crippen molar-refractivity contribution in [2.75, 3.05) is 38.8 Å². The van der Waals surface area contributed by atoms with Crippen molar-refractivity contribution in [1.29, 1.82) is 0 Å². The zero-order valence-electron chi connectivity index (χ0n) is 15.9. The van der Waals surface area contributed by atoms with Crippen LogP contribution in [0.2, 0.25) is 0 Å². The summed E-state index contributed by atoms with van der Waals surface area (Å²) >= 11 is 0. The summed E-state index contributed by atoms with van der Waals surface area (Å²) in [5.41, 5.74) is 6.54. The summed E-state index contributed by atoms with van der Waals surface area (Å²) in [5.74, 6) is 0.281. The first kappa shape index (κ1) is 22.1. The Labute approximate surface area is 167 Å². The molecule has 1 aliphatic heterocycles. The van der Waals surface area contributed by atoms with Crippen molar-refractivity contribution >= 4 is 28.2 Å². The number of piperidine rings is 1. The van der Waals surface area contributed by atoms with Gasteiger partial charge in [0, 0.05) is 50.4 Å². The van der Waals surface area contributed by atoms with E-state index in [-0.39, 0.29) is 30.0 Å². The van der Waals surface area contributed by atoms with E-state index in [1.165, 1.54) is 6.26 Å². The molecule has 2 atom stereocenters. The molecule has 2 aliphatic rings. The Hall–Kier alpha value is -1.15. The molecule has 152 valence electrons. The summed E-state index contributed by atoms with van der Waals surface area (Å²) in [6, 6.07) is 7.48. The highest BCUT2D eigenvalue weighted by Crippen LogP contribution is 2.51. The van der Waals surface area contributed by atoms with Gasteiger partial charge in [-0.05, 0) is 30.5 Å². The molecule has 1 amide bonds. The first-order valence-corrected chi connectivity index (χ1v) is 11.2. The van der Waals surface area contributed by atoms with Crippen molar-refractivity contribution in [2.45, 2.75) is 24.9 Å². The molecular formula is C19H29ClN2O4S. The Balaban J connectivity index is 0.00000261. The third kappa shape index (κ3) is 4.47. The molecule has 2 fully saturated rings. The van der Waals surface area contributed by atoms with E-state index in [2.05, 4.69) is 4.90 Å². The van der Waals surface area contributed by atoms with Gasteiger partial charge in [-0.1, -0.05) is 18.6 Å². The van der Waals surface area contributed by atoms with E-state index < -0.39 is 21.3 Å². The Kier molecular flexibility index (Phi) is 6.95. The predicted octanol–water partition coefficient (Wildman–Crippen LogP) is 1.83. The Morgan fingerprint density at radius 3 is 2.44 bits per heavy atom. The van der Waals surface area contributed by atoms with E-state index >= 15 is 0 Å². The molecule has 2 N–H and O–H groups in total. The van der Waals surface area contributed by atoms with Crippen molar-refractivity contribution in [3.05, 3.63) is 35.4 Å². The van der Waals surface area contributed by atoms with Gasteiger partial charge in [0.1, 0.15) is 15.4 Å². The molecule has 3 rings (SSSR count). The van der Waals surface area contributed by atoms with Crippen molar-refractivity contribution in [1.82, 2.24) is 4.90 Å². The lowest BCUT2D eigenvalue weighted by atomic mass is 9.62. The van der Waals surface area contributed by atoms with E-state index in [1.54, 1.807) is 13.2 Å². The van der Waals surface area contributed by atoms with Gasteiger partial charge >= 0.3 is 0 Å². The van der Waals surface area contributed by atoms with Crippen LogP contribution in [-0.4, -0.2) is 58.0 Å². The second-order valence-corrected chi connectivity index (χ2v) is 9.92. The highest BCUT2D eigenvalue weighted by atomic mass is 35.5. The highest BCUT2D eigenvalue weighted by molar-refractivity contribution is 7.90. The van der Waals surface area contributed by atoms with Crippen molar-refractivity contribution in [2.24, 2.45) is 17.6 Å². The number of hydrogen-bond acceptors (Lipinski definition) is 5. The van der Waals surface area contributed by atoms with Crippen LogP contribution in [0.4, 0.5) is 0 Å². The maximum Gasteiger partial charge on any atom is 0.248 e. The van der Waals surface area contributed by atoms with Crippen LogP contribution in [0.1, 0.15) is 35.2 Å². The van der Waals surface area contributed by atoms with Crippen LogP contribution in [0.5, 0.6) is 0 Å². The molecule has 27 heavy (non-hydrogen) atoms. The number of nitrogens with zero attached hydrogens (tertiary/aromatic N) is 1. The topological polar surface area (TPSA) is 89.7 Å². The van der Waals surface area contributed by atoms with Gasteiger partial charge in [-0.2, -0.15) is 0 Å². The van der Waals surface area contributed by atoms with Gasteiger partial charge in [0.15, 0.2) is 0 Å². The van der Waals surface area contributed by atoms with Crippen LogP contribution in [0.3, 0.4) is 0 Å². The van der Waals surface area contributed by atoms with Gasteiger partial charge in [-0.25, -0.2) is 8.42 Å². The molecule has 2 unspecified atom stereocenters. The summed E-state index contributed by atoms with van der Waals surface area (Å²) in [4.78, 5) is 13.9. The number of methoxy groups -OCH3 is 1. The fourth-order valence-electron chi connectivity index (χ4n) is 4.84. The van der Waals surface area contributed by atoms with Crippen LogP contribution < -0.4 is 5.73 Å². The summed E-state index contributed by atoms with van der Waals surface area (Å²) in [5, 5.41) is 0. The molecule has 1 saturated carbocycles. The maximum atomic E-state index is 11.6. The van der Waals surface area contributed by atoms with Crippen LogP contribution in [0, 0.1) is 11.8 Å². The molecule has 1 aromatic carbocycles. The van der Waals surface area contributed by atoms with Gasteiger partial charge in [0.05, 0.1) is 5.75 Å². The number of carbonyl (C=O) groups is 1. The average Bonchev–Trinajstić information content (AvgIpc) is 2.58. The largest absolute Gasteiger partial charge is 0.373 e. The predicted molar refractivity (Wildman–Crippen MR) is 108 cm³/mol. The molecule has 2 bridgehead atoms. The smallest absolute Gasteiger partial charge is 0.248 e. The number of benzene rings is 1.